The van der Waals surface area contributed by atoms with E-state index >= 15 is 0 Å². The van der Waals surface area contributed by atoms with Crippen molar-refractivity contribution in [2.45, 2.75) is 0 Å². The minimum Gasteiger partial charge on any atom is -0.378 e. The van der Waals surface area contributed by atoms with Crippen LogP contribution in [0.3, 0.4) is 0 Å². The number of halogens is 1. The standard InChI is InChI=1S/C24H22BrN5O/c25-30(20-4-2-1-3-5-20)23-21-16-18(8-11-22(21)27-24(26)28-23)17-6-9-19(10-7-17)29-12-14-31-15-13-29/h1-11,16H,12-15H2,(H2,26,27,28). The topological polar surface area (TPSA) is 67.5 Å². The third-order valence-electron chi connectivity index (χ3n) is 5.44. The summed E-state index contributed by atoms with van der Waals surface area (Å²) in [5.74, 6) is 0.950. The molecule has 1 saturated heterocycles. The molecule has 1 aliphatic heterocycles. The molecule has 5 rings (SSSR count). The molecule has 0 spiro atoms. The molecule has 156 valence electrons. The van der Waals surface area contributed by atoms with Gasteiger partial charge in [-0.15, -0.1) is 0 Å². The van der Waals surface area contributed by atoms with E-state index < -0.39 is 0 Å². The average molecular weight is 476 g/mol. The zero-order valence-corrected chi connectivity index (χ0v) is 18.5. The van der Waals surface area contributed by atoms with Crippen LogP contribution in [0.15, 0.2) is 72.8 Å². The molecular formula is C24H22BrN5O. The quantitative estimate of drug-likeness (QED) is 0.411. The van der Waals surface area contributed by atoms with Crippen molar-refractivity contribution in [1.82, 2.24) is 9.97 Å². The van der Waals surface area contributed by atoms with Crippen LogP contribution in [0.2, 0.25) is 0 Å². The second-order valence-corrected chi connectivity index (χ2v) is 8.11. The minimum atomic E-state index is 0.241. The lowest BCUT2D eigenvalue weighted by atomic mass is 10.0. The molecule has 3 aromatic carbocycles. The van der Waals surface area contributed by atoms with Crippen molar-refractivity contribution >= 4 is 50.2 Å². The number of anilines is 4. The number of hydrogen-bond acceptors (Lipinski definition) is 6. The van der Waals surface area contributed by atoms with E-state index in [-0.39, 0.29) is 5.95 Å². The van der Waals surface area contributed by atoms with Gasteiger partial charge < -0.3 is 15.4 Å². The fourth-order valence-corrected chi connectivity index (χ4v) is 4.33. The van der Waals surface area contributed by atoms with Crippen LogP contribution in [-0.4, -0.2) is 36.3 Å². The minimum absolute atomic E-state index is 0.241. The second-order valence-electron chi connectivity index (χ2n) is 7.40. The zero-order chi connectivity index (χ0) is 21.2. The highest BCUT2D eigenvalue weighted by Crippen LogP contribution is 2.35. The van der Waals surface area contributed by atoms with E-state index in [1.165, 1.54) is 5.69 Å². The Morgan fingerprint density at radius 1 is 0.871 bits per heavy atom. The average Bonchev–Trinajstić information content (AvgIpc) is 2.84. The first kappa shape index (κ1) is 19.8. The fourth-order valence-electron chi connectivity index (χ4n) is 3.83. The SMILES string of the molecule is Nc1nc(N(Br)c2ccccc2)c2cc(-c3ccc(N4CCOCC4)cc3)ccc2n1. The van der Waals surface area contributed by atoms with Crippen molar-refractivity contribution < 1.29 is 4.74 Å². The normalized spacial score (nSPS) is 14.0. The van der Waals surface area contributed by atoms with Crippen LogP contribution in [0.25, 0.3) is 22.0 Å². The molecule has 1 fully saturated rings. The third-order valence-corrected chi connectivity index (χ3v) is 6.18. The van der Waals surface area contributed by atoms with Crippen LogP contribution < -0.4 is 14.6 Å². The molecule has 0 amide bonds. The van der Waals surface area contributed by atoms with Crippen LogP contribution in [0, 0.1) is 0 Å². The van der Waals surface area contributed by atoms with Crippen molar-refractivity contribution in [2.24, 2.45) is 0 Å². The van der Waals surface area contributed by atoms with Gasteiger partial charge >= 0.3 is 0 Å². The molecule has 0 atom stereocenters. The molecule has 2 heterocycles. The summed E-state index contributed by atoms with van der Waals surface area (Å²) in [5, 5.41) is 0.921. The summed E-state index contributed by atoms with van der Waals surface area (Å²) in [7, 11) is 0. The Balaban J connectivity index is 1.53. The van der Waals surface area contributed by atoms with E-state index in [0.717, 1.165) is 54.0 Å². The molecule has 1 aliphatic rings. The summed E-state index contributed by atoms with van der Waals surface area (Å²) >= 11 is 3.66. The smallest absolute Gasteiger partial charge is 0.222 e. The molecular weight excluding hydrogens is 454 g/mol. The molecule has 0 unspecified atom stereocenters. The lowest BCUT2D eigenvalue weighted by molar-refractivity contribution is 0.122. The number of fused-ring (bicyclic) bond motifs is 1. The number of nitrogens with two attached hydrogens (primary N) is 1. The Bertz CT molecular complexity index is 1190. The summed E-state index contributed by atoms with van der Waals surface area (Å²) in [4.78, 5) is 11.3. The summed E-state index contributed by atoms with van der Waals surface area (Å²) in [6.45, 7) is 3.42. The Morgan fingerprint density at radius 2 is 1.58 bits per heavy atom. The second kappa shape index (κ2) is 8.53. The van der Waals surface area contributed by atoms with Crippen molar-refractivity contribution in [3.8, 4) is 11.1 Å². The first-order valence-electron chi connectivity index (χ1n) is 10.2. The highest BCUT2D eigenvalue weighted by molar-refractivity contribution is 9.10. The lowest BCUT2D eigenvalue weighted by Crippen LogP contribution is -2.36. The van der Waals surface area contributed by atoms with E-state index in [9.17, 15) is 0 Å². The van der Waals surface area contributed by atoms with Crippen molar-refractivity contribution in [3.05, 3.63) is 72.8 Å². The van der Waals surface area contributed by atoms with Crippen LogP contribution >= 0.6 is 16.1 Å². The van der Waals surface area contributed by atoms with Crippen molar-refractivity contribution in [1.29, 1.82) is 0 Å². The monoisotopic (exact) mass is 475 g/mol. The molecule has 31 heavy (non-hydrogen) atoms. The Morgan fingerprint density at radius 3 is 2.32 bits per heavy atom. The number of nitrogens with zero attached hydrogens (tertiary/aromatic N) is 4. The highest BCUT2D eigenvalue weighted by atomic mass is 79.9. The molecule has 0 aliphatic carbocycles. The number of para-hydroxylation sites is 1. The van der Waals surface area contributed by atoms with E-state index in [1.807, 2.05) is 40.3 Å². The number of rotatable bonds is 4. The molecule has 6 nitrogen and oxygen atoms in total. The van der Waals surface area contributed by atoms with Gasteiger partial charge in [-0.1, -0.05) is 36.4 Å². The van der Waals surface area contributed by atoms with Gasteiger partial charge in [0.05, 0.1) is 40.6 Å². The van der Waals surface area contributed by atoms with Crippen LogP contribution in [0.4, 0.5) is 23.1 Å². The van der Waals surface area contributed by atoms with Crippen LogP contribution in [0.5, 0.6) is 0 Å². The summed E-state index contributed by atoms with van der Waals surface area (Å²) in [6, 6.07) is 24.8. The van der Waals surface area contributed by atoms with Crippen molar-refractivity contribution in [3.63, 3.8) is 0 Å². The molecule has 0 saturated carbocycles. The van der Waals surface area contributed by atoms with E-state index in [1.54, 1.807) is 0 Å². The van der Waals surface area contributed by atoms with Gasteiger partial charge in [-0.3, -0.25) is 3.93 Å². The van der Waals surface area contributed by atoms with Gasteiger partial charge in [0.15, 0.2) is 5.82 Å². The highest BCUT2D eigenvalue weighted by Gasteiger charge is 2.15. The maximum atomic E-state index is 5.99. The first-order valence-corrected chi connectivity index (χ1v) is 10.9. The Labute approximate surface area is 189 Å². The molecule has 4 aromatic rings. The van der Waals surface area contributed by atoms with E-state index in [0.29, 0.717) is 5.82 Å². The van der Waals surface area contributed by atoms with Gasteiger partial charge in [0.25, 0.3) is 0 Å². The molecule has 0 radical (unpaired) electrons. The van der Waals surface area contributed by atoms with Gasteiger partial charge in [-0.05, 0) is 47.5 Å². The summed E-state index contributed by atoms with van der Waals surface area (Å²) < 4.78 is 7.32. The molecule has 1 aromatic heterocycles. The van der Waals surface area contributed by atoms with Gasteiger partial charge in [0, 0.05) is 24.2 Å². The van der Waals surface area contributed by atoms with Crippen LogP contribution in [0.1, 0.15) is 0 Å². The van der Waals surface area contributed by atoms with Crippen LogP contribution in [-0.2, 0) is 4.74 Å². The maximum Gasteiger partial charge on any atom is 0.222 e. The third kappa shape index (κ3) is 4.06. The van der Waals surface area contributed by atoms with Gasteiger partial charge in [-0.25, -0.2) is 4.98 Å². The summed E-state index contributed by atoms with van der Waals surface area (Å²) in [6.07, 6.45) is 0. The number of nitrogen functional groups attached to an aromatic ring is 1. The van der Waals surface area contributed by atoms with Gasteiger partial charge in [-0.2, -0.15) is 4.98 Å². The largest absolute Gasteiger partial charge is 0.378 e. The maximum absolute atomic E-state index is 5.99. The predicted molar refractivity (Wildman–Crippen MR) is 130 cm³/mol. The number of hydrogen-bond donors (Lipinski definition) is 1. The Kier molecular flexibility index (Phi) is 5.44. The van der Waals surface area contributed by atoms with Gasteiger partial charge in [0.1, 0.15) is 0 Å². The number of benzene rings is 3. The van der Waals surface area contributed by atoms with Gasteiger partial charge in [0.2, 0.25) is 5.95 Å². The lowest BCUT2D eigenvalue weighted by Gasteiger charge is -2.28. The van der Waals surface area contributed by atoms with E-state index in [4.69, 9.17) is 10.5 Å². The number of morpholine rings is 1. The number of aromatic nitrogens is 2. The molecule has 0 bridgehead atoms. The number of ether oxygens (including phenoxy) is 1. The predicted octanol–water partition coefficient (Wildman–Crippen LogP) is 5.16. The molecule has 7 heteroatoms. The van der Waals surface area contributed by atoms with Crippen molar-refractivity contribution in [2.75, 3.05) is 40.9 Å². The van der Waals surface area contributed by atoms with E-state index in [2.05, 4.69) is 67.4 Å². The first-order chi connectivity index (χ1) is 15.2. The Hall–Kier alpha value is -3.16. The molecule has 2 N–H and O–H groups in total. The summed E-state index contributed by atoms with van der Waals surface area (Å²) in [5.41, 5.74) is 11.2. The fraction of sp³-hybridized carbons (Fsp3) is 0.167. The zero-order valence-electron chi connectivity index (χ0n) is 16.9.